The number of nitrogens with zero attached hydrogens (tertiary/aromatic N) is 1. The van der Waals surface area contributed by atoms with Gasteiger partial charge in [0.1, 0.15) is 5.82 Å². The Labute approximate surface area is 131 Å². The highest BCUT2D eigenvalue weighted by molar-refractivity contribution is 5.19. The van der Waals surface area contributed by atoms with Crippen molar-refractivity contribution >= 4 is 0 Å². The average molecular weight is 307 g/mol. The summed E-state index contributed by atoms with van der Waals surface area (Å²) in [5, 5.41) is 20.7. The smallest absolute Gasteiger partial charge is 0.123 e. The van der Waals surface area contributed by atoms with E-state index in [1.54, 1.807) is 12.1 Å². The predicted octanol–water partition coefficient (Wildman–Crippen LogP) is 2.87. The van der Waals surface area contributed by atoms with Crippen LogP contribution in [0.2, 0.25) is 0 Å². The normalized spacial score (nSPS) is 29.4. The molecular weight excluding hydrogens is 281 g/mol. The maximum Gasteiger partial charge on any atom is 0.123 e. The minimum atomic E-state index is -0.515. The van der Waals surface area contributed by atoms with Crippen LogP contribution >= 0.6 is 0 Å². The fraction of sp³-hybridized carbons (Fsp3) is 0.667. The van der Waals surface area contributed by atoms with Crippen LogP contribution in [0.3, 0.4) is 0 Å². The van der Waals surface area contributed by atoms with Crippen LogP contribution in [0.5, 0.6) is 0 Å². The Morgan fingerprint density at radius 3 is 2.27 bits per heavy atom. The third-order valence-electron chi connectivity index (χ3n) is 5.40. The molecule has 3 nitrogen and oxygen atoms in total. The summed E-state index contributed by atoms with van der Waals surface area (Å²) < 4.78 is 13.0. The van der Waals surface area contributed by atoms with Gasteiger partial charge in [-0.15, -0.1) is 0 Å². The number of halogens is 1. The number of aliphatic hydroxyl groups is 2. The molecule has 1 aromatic carbocycles. The van der Waals surface area contributed by atoms with E-state index in [4.69, 9.17) is 0 Å². The van der Waals surface area contributed by atoms with Crippen LogP contribution in [-0.4, -0.2) is 40.3 Å². The third kappa shape index (κ3) is 3.50. The Morgan fingerprint density at radius 2 is 1.64 bits per heavy atom. The molecule has 3 unspecified atom stereocenters. The molecule has 1 saturated heterocycles. The van der Waals surface area contributed by atoms with E-state index < -0.39 is 6.10 Å². The van der Waals surface area contributed by atoms with Crippen molar-refractivity contribution in [2.24, 2.45) is 5.92 Å². The van der Waals surface area contributed by atoms with Crippen molar-refractivity contribution < 1.29 is 14.6 Å². The van der Waals surface area contributed by atoms with Gasteiger partial charge in [-0.1, -0.05) is 25.0 Å². The lowest BCUT2D eigenvalue weighted by molar-refractivity contribution is -0.0129. The number of benzene rings is 1. The van der Waals surface area contributed by atoms with E-state index in [1.165, 1.54) is 18.6 Å². The average Bonchev–Trinajstić information content (AvgIpc) is 2.56. The Bertz CT molecular complexity index is 470. The molecule has 2 N–H and O–H groups in total. The Balaban J connectivity index is 1.55. The highest BCUT2D eigenvalue weighted by Gasteiger charge is 2.33. The number of hydrogen-bond acceptors (Lipinski definition) is 3. The molecule has 0 amide bonds. The monoisotopic (exact) mass is 307 g/mol. The summed E-state index contributed by atoms with van der Waals surface area (Å²) in [5.74, 6) is -0.0421. The van der Waals surface area contributed by atoms with E-state index in [9.17, 15) is 14.6 Å². The zero-order chi connectivity index (χ0) is 15.5. The summed E-state index contributed by atoms with van der Waals surface area (Å²) in [7, 11) is 0. The molecule has 1 aromatic rings. The number of aliphatic hydroxyl groups excluding tert-OH is 2. The van der Waals surface area contributed by atoms with Crippen molar-refractivity contribution in [3.63, 3.8) is 0 Å². The lowest BCUT2D eigenvalue weighted by atomic mass is 9.84. The molecule has 3 rings (SSSR count). The van der Waals surface area contributed by atoms with Gasteiger partial charge in [-0.05, 0) is 62.4 Å². The van der Waals surface area contributed by atoms with Gasteiger partial charge in [0.2, 0.25) is 0 Å². The van der Waals surface area contributed by atoms with E-state index in [0.717, 1.165) is 50.8 Å². The highest BCUT2D eigenvalue weighted by Crippen LogP contribution is 2.33. The molecule has 122 valence electrons. The van der Waals surface area contributed by atoms with Gasteiger partial charge >= 0.3 is 0 Å². The van der Waals surface area contributed by atoms with E-state index in [0.29, 0.717) is 6.04 Å². The number of piperidine rings is 1. The maximum absolute atomic E-state index is 13.0. The van der Waals surface area contributed by atoms with Gasteiger partial charge in [-0.2, -0.15) is 0 Å². The van der Waals surface area contributed by atoms with Crippen LogP contribution in [0.15, 0.2) is 24.3 Å². The molecule has 0 aromatic heterocycles. The van der Waals surface area contributed by atoms with Gasteiger partial charge in [0, 0.05) is 6.04 Å². The fourth-order valence-corrected chi connectivity index (χ4v) is 4.02. The zero-order valence-corrected chi connectivity index (χ0v) is 13.0. The predicted molar refractivity (Wildman–Crippen MR) is 83.9 cm³/mol. The third-order valence-corrected chi connectivity index (χ3v) is 5.40. The Morgan fingerprint density at radius 1 is 1.00 bits per heavy atom. The SMILES string of the molecule is OC1CCCCC1N1CCC(C(O)c2ccc(F)cc2)CC1. The van der Waals surface area contributed by atoms with Gasteiger partial charge in [-0.25, -0.2) is 4.39 Å². The maximum atomic E-state index is 13.0. The summed E-state index contributed by atoms with van der Waals surface area (Å²) in [5.41, 5.74) is 0.803. The van der Waals surface area contributed by atoms with E-state index >= 15 is 0 Å². The van der Waals surface area contributed by atoms with Crippen molar-refractivity contribution in [3.05, 3.63) is 35.6 Å². The molecule has 1 aliphatic heterocycles. The molecule has 3 atom stereocenters. The molecular formula is C18H26FNO2. The number of rotatable bonds is 3. The van der Waals surface area contributed by atoms with Gasteiger partial charge in [-0.3, -0.25) is 4.90 Å². The van der Waals surface area contributed by atoms with Crippen molar-refractivity contribution in [1.29, 1.82) is 0 Å². The minimum absolute atomic E-state index is 0.188. The Hall–Kier alpha value is -0.970. The summed E-state index contributed by atoms with van der Waals surface area (Å²) in [6.45, 7) is 1.87. The largest absolute Gasteiger partial charge is 0.391 e. The van der Waals surface area contributed by atoms with Gasteiger partial charge in [0.25, 0.3) is 0 Å². The zero-order valence-electron chi connectivity index (χ0n) is 13.0. The van der Waals surface area contributed by atoms with Gasteiger partial charge in [0.15, 0.2) is 0 Å². The molecule has 1 aliphatic carbocycles. The molecule has 22 heavy (non-hydrogen) atoms. The quantitative estimate of drug-likeness (QED) is 0.902. The summed E-state index contributed by atoms with van der Waals surface area (Å²) >= 11 is 0. The van der Waals surface area contributed by atoms with E-state index in [1.807, 2.05) is 0 Å². The molecule has 2 aliphatic rings. The number of hydrogen-bond donors (Lipinski definition) is 2. The second-order valence-electron chi connectivity index (χ2n) is 6.79. The summed E-state index contributed by atoms with van der Waals surface area (Å²) in [4.78, 5) is 2.40. The van der Waals surface area contributed by atoms with Crippen molar-refractivity contribution in [1.82, 2.24) is 4.90 Å². The first-order chi connectivity index (χ1) is 10.6. The molecule has 4 heteroatoms. The van der Waals surface area contributed by atoms with Crippen LogP contribution in [0, 0.1) is 11.7 Å². The second-order valence-corrected chi connectivity index (χ2v) is 6.79. The van der Waals surface area contributed by atoms with Gasteiger partial charge < -0.3 is 10.2 Å². The fourth-order valence-electron chi connectivity index (χ4n) is 4.02. The minimum Gasteiger partial charge on any atom is -0.391 e. The molecule has 0 bridgehead atoms. The van der Waals surface area contributed by atoms with Crippen molar-refractivity contribution in [2.75, 3.05) is 13.1 Å². The Kier molecular flexibility index (Phi) is 5.11. The van der Waals surface area contributed by atoms with Crippen molar-refractivity contribution in [2.45, 2.75) is 56.8 Å². The van der Waals surface area contributed by atoms with Crippen molar-refractivity contribution in [3.8, 4) is 0 Å². The summed E-state index contributed by atoms with van der Waals surface area (Å²) in [6.07, 6.45) is 5.52. The lowest BCUT2D eigenvalue weighted by Crippen LogP contribution is -2.49. The first-order valence-electron chi connectivity index (χ1n) is 8.51. The summed E-state index contributed by atoms with van der Waals surface area (Å²) in [6, 6.07) is 6.48. The van der Waals surface area contributed by atoms with Gasteiger partial charge in [0.05, 0.1) is 12.2 Å². The molecule has 0 radical (unpaired) electrons. The lowest BCUT2D eigenvalue weighted by Gasteiger charge is -2.42. The van der Waals surface area contributed by atoms with E-state index in [-0.39, 0.29) is 17.8 Å². The molecule has 2 fully saturated rings. The van der Waals surface area contributed by atoms with Crippen LogP contribution in [0.4, 0.5) is 4.39 Å². The first-order valence-corrected chi connectivity index (χ1v) is 8.51. The van der Waals surface area contributed by atoms with Crippen LogP contribution in [0.25, 0.3) is 0 Å². The van der Waals surface area contributed by atoms with Crippen LogP contribution in [-0.2, 0) is 0 Å². The molecule has 0 spiro atoms. The molecule has 1 heterocycles. The standard InChI is InChI=1S/C18H26FNO2/c19-15-7-5-13(6-8-15)18(22)14-9-11-20(12-10-14)16-3-1-2-4-17(16)21/h5-8,14,16-18,21-22H,1-4,9-12H2. The molecule has 1 saturated carbocycles. The topological polar surface area (TPSA) is 43.7 Å². The van der Waals surface area contributed by atoms with E-state index in [2.05, 4.69) is 4.90 Å². The highest BCUT2D eigenvalue weighted by atomic mass is 19.1. The van der Waals surface area contributed by atoms with Crippen LogP contribution < -0.4 is 0 Å². The second kappa shape index (κ2) is 7.07. The number of likely N-dealkylation sites (tertiary alicyclic amines) is 1. The van der Waals surface area contributed by atoms with Crippen LogP contribution in [0.1, 0.15) is 50.2 Å². The first kappa shape index (κ1) is 15.9.